The zero-order valence-corrected chi connectivity index (χ0v) is 12.0. The number of hydrogen-bond acceptors (Lipinski definition) is 6. The fraction of sp³-hybridized carbons (Fsp3) is 0.571. The van der Waals surface area contributed by atoms with E-state index < -0.39 is 0 Å². The van der Waals surface area contributed by atoms with Gasteiger partial charge in [-0.1, -0.05) is 6.07 Å². The molecule has 0 aromatic carbocycles. The molecule has 1 amide bonds. The molecule has 1 atom stereocenters. The molecule has 7 nitrogen and oxygen atoms in total. The number of ether oxygens (including phenoxy) is 1. The van der Waals surface area contributed by atoms with Crippen molar-refractivity contribution in [3.05, 3.63) is 23.9 Å². The van der Waals surface area contributed by atoms with E-state index in [1.807, 2.05) is 4.90 Å². The third-order valence-electron chi connectivity index (χ3n) is 4.13. The van der Waals surface area contributed by atoms with Gasteiger partial charge in [0, 0.05) is 32.2 Å². The summed E-state index contributed by atoms with van der Waals surface area (Å²) in [4.78, 5) is 21.0. The second kappa shape index (κ2) is 6.38. The molecular weight excluding hydrogens is 270 g/mol. The fourth-order valence-electron chi connectivity index (χ4n) is 2.96. The Bertz CT molecular complexity index is 504. The predicted molar refractivity (Wildman–Crippen MR) is 78.7 cm³/mol. The molecule has 0 aliphatic carbocycles. The number of nitrogens with one attached hydrogen (secondary N) is 1. The zero-order valence-electron chi connectivity index (χ0n) is 12.0. The van der Waals surface area contributed by atoms with Crippen LogP contribution in [0.4, 0.5) is 5.82 Å². The van der Waals surface area contributed by atoms with E-state index in [1.165, 1.54) is 0 Å². The molecule has 1 unspecified atom stereocenters. The Hall–Kier alpha value is -1.70. The standard InChI is InChI=1S/C14H21N5O2/c15-17-13-3-1-2-12(16-13)14(20)19-5-4-11(10-19)18-6-8-21-9-7-18/h1-3,11H,4-10,15H2,(H,16,17). The van der Waals surface area contributed by atoms with Crippen molar-refractivity contribution in [1.29, 1.82) is 0 Å². The van der Waals surface area contributed by atoms with Crippen molar-refractivity contribution in [2.75, 3.05) is 44.8 Å². The van der Waals surface area contributed by atoms with Crippen LogP contribution in [0, 0.1) is 0 Å². The number of pyridine rings is 1. The minimum Gasteiger partial charge on any atom is -0.379 e. The minimum atomic E-state index is -0.0251. The summed E-state index contributed by atoms with van der Waals surface area (Å²) in [6, 6.07) is 5.68. The van der Waals surface area contributed by atoms with Crippen molar-refractivity contribution < 1.29 is 9.53 Å². The number of rotatable bonds is 3. The van der Waals surface area contributed by atoms with Gasteiger partial charge in [0.05, 0.1) is 13.2 Å². The number of morpholine rings is 1. The van der Waals surface area contributed by atoms with E-state index in [0.717, 1.165) is 45.8 Å². The molecule has 3 rings (SSSR count). The number of carbonyl (C=O) groups is 1. The lowest BCUT2D eigenvalue weighted by molar-refractivity contribution is 0.0185. The Labute approximate surface area is 124 Å². The largest absolute Gasteiger partial charge is 0.379 e. The second-order valence-corrected chi connectivity index (χ2v) is 5.39. The number of aromatic nitrogens is 1. The van der Waals surface area contributed by atoms with Crippen molar-refractivity contribution in [2.24, 2.45) is 5.84 Å². The van der Waals surface area contributed by atoms with Crippen LogP contribution in [0.25, 0.3) is 0 Å². The highest BCUT2D eigenvalue weighted by atomic mass is 16.5. The monoisotopic (exact) mass is 291 g/mol. The maximum absolute atomic E-state index is 12.5. The normalized spacial score (nSPS) is 23.3. The summed E-state index contributed by atoms with van der Waals surface area (Å²) in [5.41, 5.74) is 2.91. The van der Waals surface area contributed by atoms with Gasteiger partial charge in [0.1, 0.15) is 11.5 Å². The number of likely N-dealkylation sites (tertiary alicyclic amines) is 1. The number of carbonyl (C=O) groups excluding carboxylic acids is 1. The molecule has 21 heavy (non-hydrogen) atoms. The maximum atomic E-state index is 12.5. The number of nitrogens with zero attached hydrogens (tertiary/aromatic N) is 3. The molecule has 1 aromatic heterocycles. The van der Waals surface area contributed by atoms with Gasteiger partial charge in [-0.2, -0.15) is 0 Å². The second-order valence-electron chi connectivity index (χ2n) is 5.39. The van der Waals surface area contributed by atoms with E-state index in [9.17, 15) is 4.79 Å². The predicted octanol–water partition coefficient (Wildman–Crippen LogP) is -0.0861. The Balaban J connectivity index is 1.63. The molecule has 2 aliphatic heterocycles. The summed E-state index contributed by atoms with van der Waals surface area (Å²) in [6.07, 6.45) is 1.01. The van der Waals surface area contributed by atoms with E-state index in [1.54, 1.807) is 18.2 Å². The quantitative estimate of drug-likeness (QED) is 0.598. The van der Waals surface area contributed by atoms with E-state index in [0.29, 0.717) is 17.6 Å². The number of amides is 1. The van der Waals surface area contributed by atoms with Gasteiger partial charge in [-0.05, 0) is 18.6 Å². The molecule has 7 heteroatoms. The molecule has 3 heterocycles. The molecule has 114 valence electrons. The lowest BCUT2D eigenvalue weighted by atomic mass is 10.2. The van der Waals surface area contributed by atoms with Crippen LogP contribution in [0.1, 0.15) is 16.9 Å². The Morgan fingerprint density at radius 1 is 1.33 bits per heavy atom. The molecule has 0 spiro atoms. The number of hydrazine groups is 1. The maximum Gasteiger partial charge on any atom is 0.272 e. The van der Waals surface area contributed by atoms with Crippen molar-refractivity contribution >= 4 is 11.7 Å². The van der Waals surface area contributed by atoms with Crippen molar-refractivity contribution in [3.8, 4) is 0 Å². The van der Waals surface area contributed by atoms with Crippen molar-refractivity contribution in [2.45, 2.75) is 12.5 Å². The zero-order chi connectivity index (χ0) is 14.7. The van der Waals surface area contributed by atoms with Gasteiger partial charge in [-0.25, -0.2) is 10.8 Å². The first-order valence-electron chi connectivity index (χ1n) is 7.32. The highest BCUT2D eigenvalue weighted by molar-refractivity contribution is 5.92. The van der Waals surface area contributed by atoms with E-state index in [4.69, 9.17) is 10.6 Å². The number of nitrogens with two attached hydrogens (primary N) is 1. The highest BCUT2D eigenvalue weighted by Gasteiger charge is 2.31. The number of nitrogen functional groups attached to an aromatic ring is 1. The molecule has 2 fully saturated rings. The van der Waals surface area contributed by atoms with Crippen LogP contribution in [0.3, 0.4) is 0 Å². The first kappa shape index (κ1) is 14.2. The Kier molecular flexibility index (Phi) is 4.33. The fourth-order valence-corrected chi connectivity index (χ4v) is 2.96. The topological polar surface area (TPSA) is 83.7 Å². The molecule has 3 N–H and O–H groups in total. The molecular formula is C14H21N5O2. The number of hydrogen-bond donors (Lipinski definition) is 2. The molecule has 0 radical (unpaired) electrons. The molecule has 2 aliphatic rings. The van der Waals surface area contributed by atoms with Gasteiger partial charge in [0.15, 0.2) is 0 Å². The Morgan fingerprint density at radius 2 is 2.14 bits per heavy atom. The van der Waals surface area contributed by atoms with E-state index >= 15 is 0 Å². The van der Waals surface area contributed by atoms with Crippen LogP contribution in [0.15, 0.2) is 18.2 Å². The van der Waals surface area contributed by atoms with Crippen molar-refractivity contribution in [3.63, 3.8) is 0 Å². The SMILES string of the molecule is NNc1cccc(C(=O)N2CCC(N3CCOCC3)C2)n1. The van der Waals surface area contributed by atoms with Crippen LogP contribution >= 0.6 is 0 Å². The van der Waals surface area contributed by atoms with Gasteiger partial charge in [-0.15, -0.1) is 0 Å². The highest BCUT2D eigenvalue weighted by Crippen LogP contribution is 2.19. The van der Waals surface area contributed by atoms with Crippen LogP contribution in [0.2, 0.25) is 0 Å². The average Bonchev–Trinajstić information content (AvgIpc) is 3.05. The molecule has 0 bridgehead atoms. The first-order chi connectivity index (χ1) is 10.3. The first-order valence-corrected chi connectivity index (χ1v) is 7.32. The average molecular weight is 291 g/mol. The van der Waals surface area contributed by atoms with Gasteiger partial charge in [0.25, 0.3) is 5.91 Å². The van der Waals surface area contributed by atoms with Crippen LogP contribution < -0.4 is 11.3 Å². The van der Waals surface area contributed by atoms with E-state index in [2.05, 4.69) is 15.3 Å². The summed E-state index contributed by atoms with van der Waals surface area (Å²) < 4.78 is 5.38. The molecule has 2 saturated heterocycles. The van der Waals surface area contributed by atoms with Gasteiger partial charge < -0.3 is 15.1 Å². The third kappa shape index (κ3) is 3.15. The van der Waals surface area contributed by atoms with E-state index in [-0.39, 0.29) is 5.91 Å². The summed E-state index contributed by atoms with van der Waals surface area (Å²) in [6.45, 7) is 5.03. The lowest BCUT2D eigenvalue weighted by Gasteiger charge is -2.32. The Morgan fingerprint density at radius 3 is 2.90 bits per heavy atom. The third-order valence-corrected chi connectivity index (χ3v) is 4.13. The van der Waals surface area contributed by atoms with Crippen LogP contribution in [0.5, 0.6) is 0 Å². The minimum absolute atomic E-state index is 0.0251. The van der Waals surface area contributed by atoms with Crippen LogP contribution in [-0.2, 0) is 4.74 Å². The summed E-state index contributed by atoms with van der Waals surface area (Å²) in [5.74, 6) is 5.82. The lowest BCUT2D eigenvalue weighted by Crippen LogP contribution is -2.45. The molecule has 1 aromatic rings. The van der Waals surface area contributed by atoms with Gasteiger partial charge in [0.2, 0.25) is 0 Å². The summed E-state index contributed by atoms with van der Waals surface area (Å²) >= 11 is 0. The molecule has 0 saturated carbocycles. The van der Waals surface area contributed by atoms with Crippen molar-refractivity contribution in [1.82, 2.24) is 14.8 Å². The van der Waals surface area contributed by atoms with Gasteiger partial charge in [-0.3, -0.25) is 9.69 Å². The summed E-state index contributed by atoms with van der Waals surface area (Å²) in [5, 5.41) is 0. The van der Waals surface area contributed by atoms with Gasteiger partial charge >= 0.3 is 0 Å². The number of anilines is 1. The summed E-state index contributed by atoms with van der Waals surface area (Å²) in [7, 11) is 0. The van der Waals surface area contributed by atoms with Crippen LogP contribution in [-0.4, -0.2) is 66.1 Å². The smallest absolute Gasteiger partial charge is 0.272 e.